The number of hydrogen-bond donors (Lipinski definition) is 2. The maximum Gasteiger partial charge on any atom is 0.116 e. The molecule has 2 aromatic heterocycles. The minimum absolute atomic E-state index is 0.299. The topological polar surface area (TPSA) is 48.9 Å². The molecule has 17 heavy (non-hydrogen) atoms. The van der Waals surface area contributed by atoms with Crippen molar-refractivity contribution in [1.82, 2.24) is 9.97 Å². The van der Waals surface area contributed by atoms with E-state index >= 15 is 0 Å². The molecule has 3 heteroatoms. The Labute approximate surface area is 98.8 Å². The molecule has 0 amide bonds. The van der Waals surface area contributed by atoms with Gasteiger partial charge < -0.3 is 10.1 Å². The van der Waals surface area contributed by atoms with Crippen molar-refractivity contribution in [2.24, 2.45) is 0 Å². The van der Waals surface area contributed by atoms with E-state index in [9.17, 15) is 5.11 Å². The van der Waals surface area contributed by atoms with Crippen LogP contribution in [0.3, 0.4) is 0 Å². The summed E-state index contributed by atoms with van der Waals surface area (Å²) in [5.74, 6) is 0.299. The number of hydrogen-bond acceptors (Lipinski definition) is 2. The molecular formula is C14H12N2O. The molecule has 0 fully saturated rings. The maximum atomic E-state index is 9.52. The van der Waals surface area contributed by atoms with Crippen LogP contribution in [-0.2, 0) is 6.42 Å². The lowest BCUT2D eigenvalue weighted by molar-refractivity contribution is 0.476. The third-order valence-electron chi connectivity index (χ3n) is 2.89. The van der Waals surface area contributed by atoms with Gasteiger partial charge in [0.2, 0.25) is 0 Å². The zero-order valence-corrected chi connectivity index (χ0v) is 9.22. The summed E-state index contributed by atoms with van der Waals surface area (Å²) in [7, 11) is 0. The van der Waals surface area contributed by atoms with Gasteiger partial charge in [0.25, 0.3) is 0 Å². The highest BCUT2D eigenvalue weighted by Gasteiger charge is 2.05. The second-order valence-electron chi connectivity index (χ2n) is 4.08. The Morgan fingerprint density at radius 2 is 1.94 bits per heavy atom. The van der Waals surface area contributed by atoms with Crippen LogP contribution in [-0.4, -0.2) is 15.1 Å². The first-order chi connectivity index (χ1) is 8.33. The number of H-pyrrole nitrogens is 1. The van der Waals surface area contributed by atoms with Crippen molar-refractivity contribution in [1.29, 1.82) is 0 Å². The summed E-state index contributed by atoms with van der Waals surface area (Å²) >= 11 is 0. The number of aromatic nitrogens is 2. The molecule has 0 saturated heterocycles. The van der Waals surface area contributed by atoms with Crippen molar-refractivity contribution in [3.8, 4) is 5.75 Å². The summed E-state index contributed by atoms with van der Waals surface area (Å²) in [6.45, 7) is 0. The van der Waals surface area contributed by atoms with Crippen molar-refractivity contribution in [3.63, 3.8) is 0 Å². The number of phenols is 1. The quantitative estimate of drug-likeness (QED) is 0.703. The molecule has 0 bridgehead atoms. The number of phenolic OH excluding ortho intramolecular Hbond substituents is 1. The Morgan fingerprint density at radius 1 is 1.12 bits per heavy atom. The maximum absolute atomic E-state index is 9.52. The molecule has 0 spiro atoms. The van der Waals surface area contributed by atoms with Crippen molar-refractivity contribution in [3.05, 3.63) is 60.0 Å². The smallest absolute Gasteiger partial charge is 0.116 e. The number of nitrogens with zero attached hydrogens (tertiary/aromatic N) is 1. The first-order valence-electron chi connectivity index (χ1n) is 5.51. The van der Waals surface area contributed by atoms with Crippen LogP contribution in [0.2, 0.25) is 0 Å². The monoisotopic (exact) mass is 224 g/mol. The first kappa shape index (κ1) is 9.90. The van der Waals surface area contributed by atoms with E-state index in [1.54, 1.807) is 24.5 Å². The lowest BCUT2D eigenvalue weighted by atomic mass is 10.1. The van der Waals surface area contributed by atoms with Gasteiger partial charge in [-0.3, -0.25) is 4.98 Å². The molecule has 3 rings (SSSR count). The predicted molar refractivity (Wildman–Crippen MR) is 67.0 cm³/mol. The number of fused-ring (bicyclic) bond motifs is 1. The highest BCUT2D eigenvalue weighted by atomic mass is 16.3. The highest BCUT2D eigenvalue weighted by molar-refractivity contribution is 5.84. The number of nitrogens with one attached hydrogen (secondary N) is 1. The lowest BCUT2D eigenvalue weighted by Gasteiger charge is -2.00. The predicted octanol–water partition coefficient (Wildman–Crippen LogP) is 2.86. The highest BCUT2D eigenvalue weighted by Crippen LogP contribution is 2.24. The summed E-state index contributed by atoms with van der Waals surface area (Å²) in [5, 5.41) is 10.6. The van der Waals surface area contributed by atoms with E-state index in [1.807, 2.05) is 24.4 Å². The van der Waals surface area contributed by atoms with Crippen molar-refractivity contribution < 1.29 is 5.11 Å². The van der Waals surface area contributed by atoms with Crippen LogP contribution in [0.15, 0.2) is 48.9 Å². The average molecular weight is 224 g/mol. The van der Waals surface area contributed by atoms with Crippen LogP contribution in [0, 0.1) is 0 Å². The number of rotatable bonds is 2. The van der Waals surface area contributed by atoms with Crippen LogP contribution < -0.4 is 0 Å². The number of aromatic amines is 1. The Hall–Kier alpha value is -2.29. The van der Waals surface area contributed by atoms with Crippen molar-refractivity contribution in [2.45, 2.75) is 6.42 Å². The first-order valence-corrected chi connectivity index (χ1v) is 5.51. The molecule has 0 aliphatic carbocycles. The van der Waals surface area contributed by atoms with Gasteiger partial charge in [-0.05, 0) is 47.9 Å². The molecular weight excluding hydrogens is 212 g/mol. The van der Waals surface area contributed by atoms with E-state index in [0.29, 0.717) is 5.75 Å². The van der Waals surface area contributed by atoms with E-state index < -0.39 is 0 Å². The molecule has 0 radical (unpaired) electrons. The van der Waals surface area contributed by atoms with Gasteiger partial charge in [-0.2, -0.15) is 0 Å². The molecule has 2 heterocycles. The lowest BCUT2D eigenvalue weighted by Crippen LogP contribution is -1.86. The second-order valence-corrected chi connectivity index (χ2v) is 4.08. The standard InChI is InChI=1S/C14H12N2O/c17-12-1-2-14-13(8-12)11(9-16-14)7-10-3-5-15-6-4-10/h1-6,8-9,16-17H,7H2. The third-order valence-corrected chi connectivity index (χ3v) is 2.89. The average Bonchev–Trinajstić information content (AvgIpc) is 2.73. The van der Waals surface area contributed by atoms with Gasteiger partial charge in [-0.25, -0.2) is 0 Å². The molecule has 0 saturated carbocycles. The number of benzene rings is 1. The van der Waals surface area contributed by atoms with Crippen LogP contribution in [0.5, 0.6) is 5.75 Å². The minimum Gasteiger partial charge on any atom is -0.508 e. The van der Waals surface area contributed by atoms with Gasteiger partial charge in [0.15, 0.2) is 0 Å². The van der Waals surface area contributed by atoms with Gasteiger partial charge in [-0.1, -0.05) is 0 Å². The van der Waals surface area contributed by atoms with Crippen LogP contribution >= 0.6 is 0 Å². The van der Waals surface area contributed by atoms with E-state index in [4.69, 9.17) is 0 Å². The summed E-state index contributed by atoms with van der Waals surface area (Å²) in [6, 6.07) is 9.38. The molecule has 3 aromatic rings. The van der Waals surface area contributed by atoms with Gasteiger partial charge in [0, 0.05) is 29.5 Å². The molecule has 0 atom stereocenters. The van der Waals surface area contributed by atoms with E-state index in [-0.39, 0.29) is 0 Å². The van der Waals surface area contributed by atoms with Gasteiger partial charge in [-0.15, -0.1) is 0 Å². The molecule has 3 nitrogen and oxygen atoms in total. The molecule has 0 aliphatic rings. The fourth-order valence-corrected chi connectivity index (χ4v) is 2.03. The SMILES string of the molecule is Oc1ccc2[nH]cc(Cc3ccncc3)c2c1. The molecule has 0 unspecified atom stereocenters. The summed E-state index contributed by atoms with van der Waals surface area (Å²) in [6.07, 6.45) is 6.42. The normalized spacial score (nSPS) is 10.8. The minimum atomic E-state index is 0.299. The van der Waals surface area contributed by atoms with Gasteiger partial charge >= 0.3 is 0 Å². The Kier molecular flexibility index (Phi) is 2.29. The van der Waals surface area contributed by atoms with E-state index in [1.165, 1.54) is 11.1 Å². The number of aromatic hydroxyl groups is 1. The largest absolute Gasteiger partial charge is 0.508 e. The fraction of sp³-hybridized carbons (Fsp3) is 0.0714. The Bertz CT molecular complexity index is 644. The molecule has 1 aromatic carbocycles. The summed E-state index contributed by atoms with van der Waals surface area (Å²) < 4.78 is 0. The van der Waals surface area contributed by atoms with Gasteiger partial charge in [0.05, 0.1) is 0 Å². The molecule has 84 valence electrons. The third kappa shape index (κ3) is 1.87. The zero-order chi connectivity index (χ0) is 11.7. The van der Waals surface area contributed by atoms with Gasteiger partial charge in [0.1, 0.15) is 5.75 Å². The van der Waals surface area contributed by atoms with Crippen molar-refractivity contribution >= 4 is 10.9 Å². The van der Waals surface area contributed by atoms with Crippen LogP contribution in [0.1, 0.15) is 11.1 Å². The number of pyridine rings is 1. The Morgan fingerprint density at radius 3 is 2.76 bits per heavy atom. The Balaban J connectivity index is 2.03. The van der Waals surface area contributed by atoms with Crippen LogP contribution in [0.4, 0.5) is 0 Å². The van der Waals surface area contributed by atoms with E-state index in [0.717, 1.165) is 17.3 Å². The van der Waals surface area contributed by atoms with E-state index in [2.05, 4.69) is 9.97 Å². The van der Waals surface area contributed by atoms with Crippen molar-refractivity contribution in [2.75, 3.05) is 0 Å². The zero-order valence-electron chi connectivity index (χ0n) is 9.22. The van der Waals surface area contributed by atoms with Crippen LogP contribution in [0.25, 0.3) is 10.9 Å². The second kappa shape index (κ2) is 3.94. The molecule has 2 N–H and O–H groups in total. The fourth-order valence-electron chi connectivity index (χ4n) is 2.03. The summed E-state index contributed by atoms with van der Waals surface area (Å²) in [5.41, 5.74) is 3.44. The molecule has 0 aliphatic heterocycles. The summed E-state index contributed by atoms with van der Waals surface area (Å²) in [4.78, 5) is 7.21.